The van der Waals surface area contributed by atoms with Crippen LogP contribution < -0.4 is 10.6 Å². The lowest BCUT2D eigenvalue weighted by molar-refractivity contribution is 0.196. The second kappa shape index (κ2) is 5.64. The van der Waals surface area contributed by atoms with Gasteiger partial charge in [0.1, 0.15) is 12.1 Å². The highest BCUT2D eigenvalue weighted by Crippen LogP contribution is 2.23. The van der Waals surface area contributed by atoms with E-state index < -0.39 is 0 Å². The number of ether oxygens (including phenoxy) is 1. The highest BCUT2D eigenvalue weighted by molar-refractivity contribution is 5.91. The van der Waals surface area contributed by atoms with E-state index in [4.69, 9.17) is 10.5 Å². The highest BCUT2D eigenvalue weighted by Gasteiger charge is 2.08. The van der Waals surface area contributed by atoms with E-state index in [0.29, 0.717) is 5.69 Å². The number of aromatic nitrogens is 2. The zero-order valence-corrected chi connectivity index (χ0v) is 10.8. The molecule has 96 valence electrons. The maximum absolute atomic E-state index is 5.76. The topological polar surface area (TPSA) is 64.3 Å². The number of anilines is 2. The second-order valence-corrected chi connectivity index (χ2v) is 4.24. The number of hydrogen-bond acceptors (Lipinski definition) is 5. The van der Waals surface area contributed by atoms with Gasteiger partial charge in [0.2, 0.25) is 0 Å². The molecule has 1 aromatic heterocycles. The van der Waals surface area contributed by atoms with E-state index in [1.807, 2.05) is 25.2 Å². The number of nitrogen functional groups attached to an aromatic ring is 1. The standard InChI is InChI=1S/C13H18N4O/c1-17(6-3-7-18-2)13-11-5-4-10(14)8-12(11)15-9-16-13/h4-5,8-9H,3,6-7,14H2,1-2H3. The predicted molar refractivity (Wildman–Crippen MR) is 73.7 cm³/mol. The number of rotatable bonds is 5. The molecule has 1 aromatic carbocycles. The summed E-state index contributed by atoms with van der Waals surface area (Å²) in [6, 6.07) is 5.70. The summed E-state index contributed by atoms with van der Waals surface area (Å²) in [6.45, 7) is 1.64. The Kier molecular flexibility index (Phi) is 3.94. The van der Waals surface area contributed by atoms with Gasteiger partial charge in [-0.2, -0.15) is 0 Å². The summed E-state index contributed by atoms with van der Waals surface area (Å²) >= 11 is 0. The van der Waals surface area contributed by atoms with E-state index in [1.165, 1.54) is 0 Å². The highest BCUT2D eigenvalue weighted by atomic mass is 16.5. The predicted octanol–water partition coefficient (Wildman–Crippen LogP) is 1.68. The van der Waals surface area contributed by atoms with Crippen molar-refractivity contribution in [3.05, 3.63) is 24.5 Å². The van der Waals surface area contributed by atoms with Gasteiger partial charge >= 0.3 is 0 Å². The normalized spacial score (nSPS) is 10.8. The molecule has 18 heavy (non-hydrogen) atoms. The SMILES string of the molecule is COCCCN(C)c1ncnc2cc(N)ccc12. The largest absolute Gasteiger partial charge is 0.399 e. The Bertz CT molecular complexity index is 529. The summed E-state index contributed by atoms with van der Waals surface area (Å²) < 4.78 is 5.06. The monoisotopic (exact) mass is 246 g/mol. The van der Waals surface area contributed by atoms with Crippen molar-refractivity contribution in [2.45, 2.75) is 6.42 Å². The molecule has 0 spiro atoms. The first-order valence-corrected chi connectivity index (χ1v) is 5.92. The fraction of sp³-hybridized carbons (Fsp3) is 0.385. The van der Waals surface area contributed by atoms with E-state index in [-0.39, 0.29) is 0 Å². The van der Waals surface area contributed by atoms with E-state index in [0.717, 1.165) is 36.3 Å². The minimum Gasteiger partial charge on any atom is -0.399 e. The van der Waals surface area contributed by atoms with Crippen molar-refractivity contribution in [3.8, 4) is 0 Å². The molecule has 0 fully saturated rings. The van der Waals surface area contributed by atoms with Gasteiger partial charge in [0.05, 0.1) is 5.52 Å². The molecular formula is C13H18N4O. The van der Waals surface area contributed by atoms with Crippen LogP contribution in [0.3, 0.4) is 0 Å². The lowest BCUT2D eigenvalue weighted by Gasteiger charge is -2.19. The summed E-state index contributed by atoms with van der Waals surface area (Å²) in [7, 11) is 3.73. The molecular weight excluding hydrogens is 228 g/mol. The number of methoxy groups -OCH3 is 1. The fourth-order valence-corrected chi connectivity index (χ4v) is 1.92. The quantitative estimate of drug-likeness (QED) is 0.642. The molecule has 1 heterocycles. The van der Waals surface area contributed by atoms with Crippen LogP contribution in [0.2, 0.25) is 0 Å². The zero-order chi connectivity index (χ0) is 13.0. The molecule has 2 rings (SSSR count). The van der Waals surface area contributed by atoms with Crippen LogP contribution in [0, 0.1) is 0 Å². The van der Waals surface area contributed by atoms with Gasteiger partial charge in [-0.05, 0) is 24.6 Å². The molecule has 0 aliphatic carbocycles. The third-order valence-corrected chi connectivity index (χ3v) is 2.84. The minimum atomic E-state index is 0.717. The Morgan fingerprint density at radius 2 is 2.17 bits per heavy atom. The van der Waals surface area contributed by atoms with Crippen LogP contribution in [0.15, 0.2) is 24.5 Å². The summed E-state index contributed by atoms with van der Waals surface area (Å²) in [6.07, 6.45) is 2.54. The van der Waals surface area contributed by atoms with Crippen molar-refractivity contribution in [2.24, 2.45) is 0 Å². The number of hydrogen-bond donors (Lipinski definition) is 1. The van der Waals surface area contributed by atoms with Gasteiger partial charge in [-0.1, -0.05) is 0 Å². The van der Waals surface area contributed by atoms with Crippen molar-refractivity contribution in [1.29, 1.82) is 0 Å². The molecule has 5 heteroatoms. The number of benzene rings is 1. The number of nitrogens with two attached hydrogens (primary N) is 1. The van der Waals surface area contributed by atoms with Crippen molar-refractivity contribution in [2.75, 3.05) is 37.9 Å². The fourth-order valence-electron chi connectivity index (χ4n) is 1.92. The minimum absolute atomic E-state index is 0.717. The van der Waals surface area contributed by atoms with Crippen LogP contribution in [0.25, 0.3) is 10.9 Å². The smallest absolute Gasteiger partial charge is 0.139 e. The van der Waals surface area contributed by atoms with Crippen molar-refractivity contribution < 1.29 is 4.74 Å². The van der Waals surface area contributed by atoms with Crippen molar-refractivity contribution in [1.82, 2.24) is 9.97 Å². The summed E-state index contributed by atoms with van der Waals surface area (Å²) in [5.74, 6) is 0.927. The first kappa shape index (κ1) is 12.6. The van der Waals surface area contributed by atoms with Crippen molar-refractivity contribution >= 4 is 22.4 Å². The molecule has 0 unspecified atom stereocenters. The van der Waals surface area contributed by atoms with Crippen LogP contribution in [0.1, 0.15) is 6.42 Å². The van der Waals surface area contributed by atoms with Gasteiger partial charge in [0.15, 0.2) is 0 Å². The molecule has 0 bridgehead atoms. The number of nitrogens with zero attached hydrogens (tertiary/aromatic N) is 3. The van der Waals surface area contributed by atoms with Crippen molar-refractivity contribution in [3.63, 3.8) is 0 Å². The maximum Gasteiger partial charge on any atom is 0.139 e. The second-order valence-electron chi connectivity index (χ2n) is 4.24. The van der Waals surface area contributed by atoms with Crippen LogP contribution in [0.5, 0.6) is 0 Å². The zero-order valence-electron chi connectivity index (χ0n) is 10.8. The van der Waals surface area contributed by atoms with Gasteiger partial charge in [0, 0.05) is 38.4 Å². The third kappa shape index (κ3) is 2.68. The average molecular weight is 246 g/mol. The first-order chi connectivity index (χ1) is 8.72. The number of fused-ring (bicyclic) bond motifs is 1. The molecule has 0 aliphatic heterocycles. The van der Waals surface area contributed by atoms with E-state index in [1.54, 1.807) is 13.4 Å². The van der Waals surface area contributed by atoms with Crippen LogP contribution in [-0.4, -0.2) is 37.3 Å². The Hall–Kier alpha value is -1.88. The van der Waals surface area contributed by atoms with Crippen LogP contribution in [0.4, 0.5) is 11.5 Å². The molecule has 2 N–H and O–H groups in total. The molecule has 0 saturated carbocycles. The summed E-state index contributed by atoms with van der Waals surface area (Å²) in [4.78, 5) is 10.7. The molecule has 0 radical (unpaired) electrons. The van der Waals surface area contributed by atoms with Gasteiger partial charge in [-0.15, -0.1) is 0 Å². The molecule has 0 aliphatic rings. The van der Waals surface area contributed by atoms with Gasteiger partial charge in [0.25, 0.3) is 0 Å². The maximum atomic E-state index is 5.76. The van der Waals surface area contributed by atoms with E-state index in [9.17, 15) is 0 Å². The first-order valence-electron chi connectivity index (χ1n) is 5.92. The Balaban J connectivity index is 2.27. The Labute approximate surface area is 107 Å². The Morgan fingerprint density at radius 3 is 2.94 bits per heavy atom. The molecule has 5 nitrogen and oxygen atoms in total. The lowest BCUT2D eigenvalue weighted by atomic mass is 10.2. The Morgan fingerprint density at radius 1 is 1.33 bits per heavy atom. The lowest BCUT2D eigenvalue weighted by Crippen LogP contribution is -2.21. The van der Waals surface area contributed by atoms with Gasteiger partial charge in [-0.25, -0.2) is 9.97 Å². The third-order valence-electron chi connectivity index (χ3n) is 2.84. The summed E-state index contributed by atoms with van der Waals surface area (Å²) in [5.41, 5.74) is 7.35. The molecule has 0 amide bonds. The molecule has 0 atom stereocenters. The van der Waals surface area contributed by atoms with Gasteiger partial charge < -0.3 is 15.4 Å². The summed E-state index contributed by atoms with van der Waals surface area (Å²) in [5, 5.41) is 1.02. The van der Waals surface area contributed by atoms with Crippen LogP contribution >= 0.6 is 0 Å². The van der Waals surface area contributed by atoms with E-state index in [2.05, 4.69) is 14.9 Å². The van der Waals surface area contributed by atoms with Gasteiger partial charge in [-0.3, -0.25) is 0 Å². The molecule has 0 saturated heterocycles. The molecule has 2 aromatic rings. The van der Waals surface area contributed by atoms with Crippen LogP contribution in [-0.2, 0) is 4.74 Å². The average Bonchev–Trinajstić information content (AvgIpc) is 2.37. The van der Waals surface area contributed by atoms with E-state index >= 15 is 0 Å².